The molecule has 1 aliphatic rings. The van der Waals surface area contributed by atoms with Crippen LogP contribution in [0.15, 0.2) is 0 Å². The molecule has 128 valence electrons. The third kappa shape index (κ3) is 5.59. The smallest absolute Gasteiger partial charge is 0.312 e. The van der Waals surface area contributed by atoms with Crippen LogP contribution in [0.2, 0.25) is 0 Å². The first-order chi connectivity index (χ1) is 10.2. The van der Waals surface area contributed by atoms with E-state index in [2.05, 4.69) is 39.6 Å². The molecule has 0 aliphatic carbocycles. The van der Waals surface area contributed by atoms with Gasteiger partial charge in [0.1, 0.15) is 0 Å². The predicted octanol–water partition coefficient (Wildman–Crippen LogP) is 1.68. The van der Waals surface area contributed by atoms with Gasteiger partial charge in [-0.3, -0.25) is 9.59 Å². The minimum atomic E-state index is -0.351. The molecule has 2 amide bonds. The Balaban J connectivity index is 2.68. The van der Waals surface area contributed by atoms with E-state index in [1.54, 1.807) is 16.8 Å². The van der Waals surface area contributed by atoms with Gasteiger partial charge in [0.15, 0.2) is 0 Å². The molecule has 0 aromatic heterocycles. The minimum absolute atomic E-state index is 0.188. The van der Waals surface area contributed by atoms with Crippen molar-refractivity contribution in [3.63, 3.8) is 0 Å². The van der Waals surface area contributed by atoms with Gasteiger partial charge in [0.05, 0.1) is 0 Å². The maximum atomic E-state index is 12.6. The predicted molar refractivity (Wildman–Crippen MR) is 89.5 cm³/mol. The third-order valence-electron chi connectivity index (χ3n) is 4.20. The fourth-order valence-corrected chi connectivity index (χ4v) is 2.96. The maximum Gasteiger partial charge on any atom is 0.312 e. The molecule has 5 nitrogen and oxygen atoms in total. The summed E-state index contributed by atoms with van der Waals surface area (Å²) in [5.41, 5.74) is 0. The molecule has 0 saturated carbocycles. The van der Waals surface area contributed by atoms with E-state index in [1.165, 1.54) is 0 Å². The van der Waals surface area contributed by atoms with Crippen molar-refractivity contribution in [2.45, 2.75) is 46.6 Å². The van der Waals surface area contributed by atoms with Crippen molar-refractivity contribution in [2.24, 2.45) is 11.8 Å². The van der Waals surface area contributed by atoms with Crippen LogP contribution in [-0.4, -0.2) is 72.8 Å². The average Bonchev–Trinajstić information content (AvgIpc) is 2.44. The van der Waals surface area contributed by atoms with E-state index in [1.807, 2.05) is 0 Å². The summed E-state index contributed by atoms with van der Waals surface area (Å²) in [6, 6.07) is 0.188. The lowest BCUT2D eigenvalue weighted by Crippen LogP contribution is -2.51. The molecule has 0 aromatic carbocycles. The van der Waals surface area contributed by atoms with Gasteiger partial charge in [-0.25, -0.2) is 0 Å². The van der Waals surface area contributed by atoms with Gasteiger partial charge in [0.2, 0.25) is 0 Å². The number of rotatable bonds is 5. The summed E-state index contributed by atoms with van der Waals surface area (Å²) in [5, 5.41) is 0. The standard InChI is InChI=1S/C17H33N3O2/c1-13(2)11-20(12-14(3)4)17(22)16(21)19(6)15-7-9-18(5)10-8-15/h13-15H,7-12H2,1-6H3. The molecular weight excluding hydrogens is 278 g/mol. The van der Waals surface area contributed by atoms with E-state index in [9.17, 15) is 9.59 Å². The average molecular weight is 311 g/mol. The molecule has 0 aromatic rings. The number of amides is 2. The number of hydrogen-bond donors (Lipinski definition) is 0. The van der Waals surface area contributed by atoms with Gasteiger partial charge in [0, 0.05) is 26.2 Å². The zero-order valence-corrected chi connectivity index (χ0v) is 15.1. The first kappa shape index (κ1) is 18.9. The van der Waals surface area contributed by atoms with Gasteiger partial charge in [-0.1, -0.05) is 27.7 Å². The Bertz CT molecular complexity index is 364. The normalized spacial score (nSPS) is 17.1. The maximum absolute atomic E-state index is 12.6. The van der Waals surface area contributed by atoms with Crippen molar-refractivity contribution in [2.75, 3.05) is 40.3 Å². The summed E-state index contributed by atoms with van der Waals surface area (Å²) in [4.78, 5) is 30.8. The highest BCUT2D eigenvalue weighted by molar-refractivity contribution is 6.34. The van der Waals surface area contributed by atoms with Crippen LogP contribution in [0.1, 0.15) is 40.5 Å². The molecule has 1 aliphatic heterocycles. The Labute approximate surface area is 135 Å². The lowest BCUT2D eigenvalue weighted by molar-refractivity contribution is -0.153. The number of carbonyl (C=O) groups is 2. The quantitative estimate of drug-likeness (QED) is 0.726. The number of piperidine rings is 1. The second-order valence-corrected chi connectivity index (χ2v) is 7.45. The molecule has 1 fully saturated rings. The van der Waals surface area contributed by atoms with Crippen molar-refractivity contribution >= 4 is 11.8 Å². The number of carbonyl (C=O) groups excluding carboxylic acids is 2. The Morgan fingerprint density at radius 1 is 1.00 bits per heavy atom. The molecule has 0 N–H and O–H groups in total. The van der Waals surface area contributed by atoms with Gasteiger partial charge >= 0.3 is 11.8 Å². The van der Waals surface area contributed by atoms with Gasteiger partial charge in [0.25, 0.3) is 0 Å². The van der Waals surface area contributed by atoms with E-state index < -0.39 is 0 Å². The van der Waals surface area contributed by atoms with Crippen LogP contribution in [0, 0.1) is 11.8 Å². The van der Waals surface area contributed by atoms with Crippen LogP contribution >= 0.6 is 0 Å². The van der Waals surface area contributed by atoms with Crippen LogP contribution in [0.25, 0.3) is 0 Å². The summed E-state index contributed by atoms with van der Waals surface area (Å²) in [5.74, 6) is 0.0351. The number of likely N-dealkylation sites (N-methyl/N-ethyl adjacent to an activating group) is 1. The molecule has 0 unspecified atom stereocenters. The van der Waals surface area contributed by atoms with Gasteiger partial charge < -0.3 is 14.7 Å². The van der Waals surface area contributed by atoms with E-state index in [0.717, 1.165) is 25.9 Å². The number of hydrogen-bond acceptors (Lipinski definition) is 3. The molecule has 0 radical (unpaired) electrons. The fourth-order valence-electron chi connectivity index (χ4n) is 2.96. The second-order valence-electron chi connectivity index (χ2n) is 7.45. The highest BCUT2D eigenvalue weighted by Crippen LogP contribution is 2.15. The SMILES string of the molecule is CC(C)CN(CC(C)C)C(=O)C(=O)N(C)C1CCN(C)CC1. The van der Waals surface area contributed by atoms with Crippen molar-refractivity contribution in [3.05, 3.63) is 0 Å². The lowest BCUT2D eigenvalue weighted by atomic mass is 10.0. The van der Waals surface area contributed by atoms with E-state index in [4.69, 9.17) is 0 Å². The molecule has 1 rings (SSSR count). The Hall–Kier alpha value is -1.10. The largest absolute Gasteiger partial charge is 0.334 e. The Morgan fingerprint density at radius 2 is 1.45 bits per heavy atom. The van der Waals surface area contributed by atoms with Gasteiger partial charge in [-0.2, -0.15) is 0 Å². The lowest BCUT2D eigenvalue weighted by Gasteiger charge is -2.36. The minimum Gasteiger partial charge on any atom is -0.334 e. The van der Waals surface area contributed by atoms with Gasteiger partial charge in [-0.15, -0.1) is 0 Å². The van der Waals surface area contributed by atoms with Crippen molar-refractivity contribution in [1.82, 2.24) is 14.7 Å². The number of nitrogens with zero attached hydrogens (tertiary/aromatic N) is 3. The molecule has 1 saturated heterocycles. The molecule has 0 atom stereocenters. The monoisotopic (exact) mass is 311 g/mol. The molecule has 0 bridgehead atoms. The van der Waals surface area contributed by atoms with Crippen molar-refractivity contribution < 1.29 is 9.59 Å². The molecule has 5 heteroatoms. The van der Waals surface area contributed by atoms with E-state index >= 15 is 0 Å². The number of likely N-dealkylation sites (tertiary alicyclic amines) is 1. The zero-order chi connectivity index (χ0) is 16.9. The third-order valence-corrected chi connectivity index (χ3v) is 4.20. The molecule has 22 heavy (non-hydrogen) atoms. The van der Waals surface area contributed by atoms with Crippen molar-refractivity contribution in [3.8, 4) is 0 Å². The van der Waals surface area contributed by atoms with Crippen LogP contribution in [-0.2, 0) is 9.59 Å². The summed E-state index contributed by atoms with van der Waals surface area (Å²) in [6.45, 7) is 11.6. The van der Waals surface area contributed by atoms with Crippen LogP contribution < -0.4 is 0 Å². The summed E-state index contributed by atoms with van der Waals surface area (Å²) in [6.07, 6.45) is 1.89. The fraction of sp³-hybridized carbons (Fsp3) is 0.882. The highest BCUT2D eigenvalue weighted by Gasteiger charge is 2.31. The Kier molecular flexibility index (Phi) is 7.33. The first-order valence-corrected chi connectivity index (χ1v) is 8.47. The second kappa shape index (κ2) is 8.51. The highest BCUT2D eigenvalue weighted by atomic mass is 16.2. The van der Waals surface area contributed by atoms with Crippen LogP contribution in [0.5, 0.6) is 0 Å². The Morgan fingerprint density at radius 3 is 1.86 bits per heavy atom. The summed E-state index contributed by atoms with van der Waals surface area (Å²) < 4.78 is 0. The summed E-state index contributed by atoms with van der Waals surface area (Å²) >= 11 is 0. The van der Waals surface area contributed by atoms with Gasteiger partial charge in [-0.05, 0) is 44.8 Å². The summed E-state index contributed by atoms with van der Waals surface area (Å²) in [7, 11) is 3.87. The molecule has 1 heterocycles. The van der Waals surface area contributed by atoms with Crippen LogP contribution in [0.3, 0.4) is 0 Å². The van der Waals surface area contributed by atoms with Crippen molar-refractivity contribution in [1.29, 1.82) is 0 Å². The zero-order valence-electron chi connectivity index (χ0n) is 15.1. The first-order valence-electron chi connectivity index (χ1n) is 8.47. The topological polar surface area (TPSA) is 43.9 Å². The van der Waals surface area contributed by atoms with Crippen LogP contribution in [0.4, 0.5) is 0 Å². The molecular formula is C17H33N3O2. The molecule has 0 spiro atoms. The van der Waals surface area contributed by atoms with E-state index in [-0.39, 0.29) is 17.9 Å². The van der Waals surface area contributed by atoms with E-state index in [0.29, 0.717) is 24.9 Å².